The molecule has 0 aromatic carbocycles. The fraction of sp³-hybridized carbons (Fsp3) is 0.444. The highest BCUT2D eigenvalue weighted by atomic mass is 19.4. The summed E-state index contributed by atoms with van der Waals surface area (Å²) < 4.78 is 40.9. The minimum Gasteiger partial charge on any atom is -0.377 e. The molecule has 0 radical (unpaired) electrons. The highest BCUT2D eigenvalue weighted by Crippen LogP contribution is 2.26. The van der Waals surface area contributed by atoms with Gasteiger partial charge in [-0.3, -0.25) is 4.79 Å². The first-order valence-corrected chi connectivity index (χ1v) is 4.34. The van der Waals surface area contributed by atoms with Crippen molar-refractivity contribution in [2.45, 2.75) is 12.6 Å². The number of ketones is 1. The third kappa shape index (κ3) is 3.58. The second kappa shape index (κ2) is 5.02. The summed E-state index contributed by atoms with van der Waals surface area (Å²) in [4.78, 5) is 11.1. The fourth-order valence-electron chi connectivity index (χ4n) is 1.02. The fourth-order valence-corrected chi connectivity index (χ4v) is 1.02. The quantitative estimate of drug-likeness (QED) is 0.786. The number of carbonyl (C=O) groups is 1. The zero-order valence-corrected chi connectivity index (χ0v) is 8.41. The molecule has 0 N–H and O–H groups in total. The molecule has 0 unspecified atom stereocenters. The first-order valence-electron chi connectivity index (χ1n) is 4.34. The van der Waals surface area contributed by atoms with E-state index in [4.69, 9.17) is 0 Å². The summed E-state index contributed by atoms with van der Waals surface area (Å²) in [5, 5.41) is 6.32. The Morgan fingerprint density at radius 2 is 2.06 bits per heavy atom. The van der Waals surface area contributed by atoms with Gasteiger partial charge in [0.15, 0.2) is 11.5 Å². The molecule has 1 aromatic rings. The van der Waals surface area contributed by atoms with E-state index in [1.807, 2.05) is 0 Å². The molecule has 0 aliphatic heterocycles. The summed E-state index contributed by atoms with van der Waals surface area (Å²) in [7, 11) is 1.36. The maximum absolute atomic E-state index is 12.1. The lowest BCUT2D eigenvalue weighted by Gasteiger charge is -2.04. The number of hydrogen-bond donors (Lipinski definition) is 0. The number of nitrogens with zero attached hydrogens (tertiary/aromatic N) is 2. The summed E-state index contributed by atoms with van der Waals surface area (Å²) >= 11 is 0. The summed E-state index contributed by atoms with van der Waals surface area (Å²) in [6.45, 7) is -0.0945. The first kappa shape index (κ1) is 12.6. The van der Waals surface area contributed by atoms with E-state index < -0.39 is 11.9 Å². The Morgan fingerprint density at radius 3 is 2.50 bits per heavy atom. The van der Waals surface area contributed by atoms with E-state index >= 15 is 0 Å². The molecule has 88 valence electrons. The zero-order chi connectivity index (χ0) is 12.2. The molecule has 0 spiro atoms. The van der Waals surface area contributed by atoms with Crippen LogP contribution in [0.25, 0.3) is 0 Å². The first-order chi connectivity index (χ1) is 7.43. The zero-order valence-electron chi connectivity index (χ0n) is 8.41. The SMILES string of the molecule is COCC(=O)Cc1ccc(C(F)(F)F)nn1. The van der Waals surface area contributed by atoms with Crippen LogP contribution in [0.3, 0.4) is 0 Å². The molecule has 0 amide bonds. The summed E-state index contributed by atoms with van der Waals surface area (Å²) in [6.07, 6.45) is -4.60. The number of carbonyl (C=O) groups excluding carboxylic acids is 1. The smallest absolute Gasteiger partial charge is 0.377 e. The second-order valence-corrected chi connectivity index (χ2v) is 3.06. The molecule has 0 saturated carbocycles. The van der Waals surface area contributed by atoms with Gasteiger partial charge in [0.05, 0.1) is 12.1 Å². The molecule has 1 aromatic heterocycles. The van der Waals surface area contributed by atoms with Crippen molar-refractivity contribution >= 4 is 5.78 Å². The van der Waals surface area contributed by atoms with Crippen molar-refractivity contribution in [3.8, 4) is 0 Å². The van der Waals surface area contributed by atoms with E-state index in [9.17, 15) is 18.0 Å². The summed E-state index contributed by atoms with van der Waals surface area (Å²) in [5.74, 6) is -0.267. The van der Waals surface area contributed by atoms with Crippen molar-refractivity contribution in [2.75, 3.05) is 13.7 Å². The van der Waals surface area contributed by atoms with Crippen LogP contribution in [-0.2, 0) is 22.1 Å². The van der Waals surface area contributed by atoms with Gasteiger partial charge in [0.1, 0.15) is 6.61 Å². The molecule has 0 fully saturated rings. The van der Waals surface area contributed by atoms with Gasteiger partial charge in [0, 0.05) is 7.11 Å². The average Bonchev–Trinajstić information content (AvgIpc) is 2.17. The third-order valence-corrected chi connectivity index (χ3v) is 1.69. The highest BCUT2D eigenvalue weighted by molar-refractivity contribution is 5.81. The predicted octanol–water partition coefficient (Wildman–Crippen LogP) is 1.25. The number of alkyl halides is 3. The van der Waals surface area contributed by atoms with Gasteiger partial charge in [-0.1, -0.05) is 0 Å². The van der Waals surface area contributed by atoms with E-state index in [0.29, 0.717) is 0 Å². The molecule has 1 rings (SSSR count). The maximum atomic E-state index is 12.1. The number of aromatic nitrogens is 2. The van der Waals surface area contributed by atoms with Gasteiger partial charge in [0.25, 0.3) is 0 Å². The Morgan fingerprint density at radius 1 is 1.38 bits per heavy atom. The average molecular weight is 234 g/mol. The molecule has 0 aliphatic rings. The Bertz CT molecular complexity index is 362. The minimum absolute atomic E-state index is 0.0843. The molecule has 4 nitrogen and oxygen atoms in total. The largest absolute Gasteiger partial charge is 0.435 e. The van der Waals surface area contributed by atoms with Crippen LogP contribution < -0.4 is 0 Å². The molecule has 0 aliphatic carbocycles. The maximum Gasteiger partial charge on any atom is 0.435 e. The van der Waals surface area contributed by atoms with Crippen LogP contribution in [0.2, 0.25) is 0 Å². The van der Waals surface area contributed by atoms with Crippen molar-refractivity contribution in [2.24, 2.45) is 0 Å². The Kier molecular flexibility index (Phi) is 3.94. The number of halogens is 3. The topological polar surface area (TPSA) is 52.1 Å². The van der Waals surface area contributed by atoms with Gasteiger partial charge >= 0.3 is 6.18 Å². The molecule has 7 heteroatoms. The Labute approximate surface area is 89.4 Å². The van der Waals surface area contributed by atoms with Crippen LogP contribution in [0.4, 0.5) is 13.2 Å². The van der Waals surface area contributed by atoms with Gasteiger partial charge < -0.3 is 4.74 Å². The van der Waals surface area contributed by atoms with E-state index in [0.717, 1.165) is 12.1 Å². The lowest BCUT2D eigenvalue weighted by molar-refractivity contribution is -0.141. The van der Waals surface area contributed by atoms with Crippen molar-refractivity contribution in [1.29, 1.82) is 0 Å². The monoisotopic (exact) mass is 234 g/mol. The van der Waals surface area contributed by atoms with E-state index in [-0.39, 0.29) is 24.5 Å². The van der Waals surface area contributed by atoms with Crippen molar-refractivity contribution in [3.05, 3.63) is 23.5 Å². The lowest BCUT2D eigenvalue weighted by Crippen LogP contribution is -2.13. The van der Waals surface area contributed by atoms with E-state index in [1.165, 1.54) is 7.11 Å². The van der Waals surface area contributed by atoms with Crippen LogP contribution in [0.15, 0.2) is 12.1 Å². The van der Waals surface area contributed by atoms with Crippen molar-refractivity contribution in [1.82, 2.24) is 10.2 Å². The van der Waals surface area contributed by atoms with E-state index in [2.05, 4.69) is 14.9 Å². The standard InChI is InChI=1S/C9H9F3N2O2/c1-16-5-7(15)4-6-2-3-8(14-13-6)9(10,11)12/h2-3H,4-5H2,1H3. The number of Topliss-reactive ketones (excluding diaryl/α,β-unsaturated/α-hetero) is 1. The van der Waals surface area contributed by atoms with E-state index in [1.54, 1.807) is 0 Å². The Balaban J connectivity index is 2.69. The Hall–Kier alpha value is -1.50. The summed E-state index contributed by atoms with van der Waals surface area (Å²) in [6, 6.07) is 1.92. The number of ether oxygens (including phenoxy) is 1. The molecular weight excluding hydrogens is 225 g/mol. The molecule has 0 atom stereocenters. The van der Waals surface area contributed by atoms with Gasteiger partial charge in [-0.25, -0.2) is 0 Å². The van der Waals surface area contributed by atoms with Crippen LogP contribution in [0, 0.1) is 0 Å². The van der Waals surface area contributed by atoms with Crippen molar-refractivity contribution < 1.29 is 22.7 Å². The van der Waals surface area contributed by atoms with Gasteiger partial charge in [-0.05, 0) is 12.1 Å². The lowest BCUT2D eigenvalue weighted by atomic mass is 10.2. The highest BCUT2D eigenvalue weighted by Gasteiger charge is 2.32. The minimum atomic E-state index is -4.51. The van der Waals surface area contributed by atoms with Crippen LogP contribution in [-0.4, -0.2) is 29.7 Å². The third-order valence-electron chi connectivity index (χ3n) is 1.69. The number of hydrogen-bond acceptors (Lipinski definition) is 4. The van der Waals surface area contributed by atoms with Gasteiger partial charge in [-0.15, -0.1) is 5.10 Å². The molecule has 16 heavy (non-hydrogen) atoms. The number of rotatable bonds is 4. The molecule has 0 bridgehead atoms. The normalized spacial score (nSPS) is 11.5. The van der Waals surface area contributed by atoms with Crippen LogP contribution in [0.5, 0.6) is 0 Å². The molecular formula is C9H9F3N2O2. The predicted molar refractivity (Wildman–Crippen MR) is 47.6 cm³/mol. The summed E-state index contributed by atoms with van der Waals surface area (Å²) in [5.41, 5.74) is -0.884. The van der Waals surface area contributed by atoms with Gasteiger partial charge in [0.2, 0.25) is 0 Å². The van der Waals surface area contributed by atoms with Crippen molar-refractivity contribution in [3.63, 3.8) is 0 Å². The van der Waals surface area contributed by atoms with Crippen LogP contribution in [0.1, 0.15) is 11.4 Å². The molecule has 0 saturated heterocycles. The van der Waals surface area contributed by atoms with Crippen LogP contribution >= 0.6 is 0 Å². The number of methoxy groups -OCH3 is 1. The second-order valence-electron chi connectivity index (χ2n) is 3.06. The van der Waals surface area contributed by atoms with Gasteiger partial charge in [-0.2, -0.15) is 18.3 Å². The molecule has 1 heterocycles.